The van der Waals surface area contributed by atoms with Crippen LogP contribution in [-0.2, 0) is 6.54 Å². The average Bonchev–Trinajstić information content (AvgIpc) is 2.52. The summed E-state index contributed by atoms with van der Waals surface area (Å²) < 4.78 is 0. The van der Waals surface area contributed by atoms with Crippen LogP contribution in [0.15, 0.2) is 11.4 Å². The molecule has 0 spiro atoms. The smallest absolute Gasteiger partial charge is 0.317 e. The quantitative estimate of drug-likeness (QED) is 0.818. The molecule has 0 atom stereocenters. The molecule has 0 radical (unpaired) electrons. The first-order chi connectivity index (χ1) is 6.65. The van der Waals surface area contributed by atoms with Crippen molar-refractivity contribution in [2.24, 2.45) is 0 Å². The number of nitrogens with one attached hydrogen (secondary N) is 1. The fourth-order valence-corrected chi connectivity index (χ4v) is 2.10. The molecule has 1 N–H and O–H groups in total. The van der Waals surface area contributed by atoms with Gasteiger partial charge in [0.25, 0.3) is 0 Å². The number of urea groups is 1. The summed E-state index contributed by atoms with van der Waals surface area (Å²) in [6, 6.07) is 2.06. The van der Waals surface area contributed by atoms with E-state index in [0.29, 0.717) is 13.1 Å². The molecule has 0 saturated heterocycles. The van der Waals surface area contributed by atoms with E-state index in [9.17, 15) is 4.79 Å². The third-order valence-corrected chi connectivity index (χ3v) is 3.03. The molecular formula is C10H16N2OS. The van der Waals surface area contributed by atoms with Crippen LogP contribution in [0.3, 0.4) is 0 Å². The zero-order valence-electron chi connectivity index (χ0n) is 8.83. The lowest BCUT2D eigenvalue weighted by Crippen LogP contribution is -2.36. The van der Waals surface area contributed by atoms with Crippen LogP contribution >= 0.6 is 11.3 Å². The van der Waals surface area contributed by atoms with Gasteiger partial charge in [0.1, 0.15) is 0 Å². The van der Waals surface area contributed by atoms with Gasteiger partial charge in [-0.1, -0.05) is 0 Å². The van der Waals surface area contributed by atoms with E-state index in [-0.39, 0.29) is 6.03 Å². The van der Waals surface area contributed by atoms with Crippen molar-refractivity contribution in [1.29, 1.82) is 0 Å². The molecule has 4 heteroatoms. The zero-order chi connectivity index (χ0) is 10.6. The normalized spacial score (nSPS) is 9.93. The van der Waals surface area contributed by atoms with Crippen LogP contribution in [0, 0.1) is 6.92 Å². The van der Waals surface area contributed by atoms with Gasteiger partial charge in [-0.15, -0.1) is 11.3 Å². The number of nitrogens with zero attached hydrogens (tertiary/aromatic N) is 1. The molecule has 3 nitrogen and oxygen atoms in total. The van der Waals surface area contributed by atoms with E-state index in [0.717, 1.165) is 0 Å². The zero-order valence-corrected chi connectivity index (χ0v) is 9.65. The Morgan fingerprint density at radius 3 is 2.86 bits per heavy atom. The van der Waals surface area contributed by atoms with Crippen molar-refractivity contribution >= 4 is 17.4 Å². The molecule has 0 aliphatic rings. The Morgan fingerprint density at radius 1 is 1.64 bits per heavy atom. The lowest BCUT2D eigenvalue weighted by atomic mass is 10.3. The lowest BCUT2D eigenvalue weighted by molar-refractivity contribution is 0.208. The van der Waals surface area contributed by atoms with Crippen LogP contribution in [0.25, 0.3) is 0 Å². The van der Waals surface area contributed by atoms with Crippen molar-refractivity contribution in [3.63, 3.8) is 0 Å². The van der Waals surface area contributed by atoms with E-state index >= 15 is 0 Å². The molecular weight excluding hydrogens is 196 g/mol. The number of thiophene rings is 1. The van der Waals surface area contributed by atoms with Crippen molar-refractivity contribution in [2.45, 2.75) is 20.4 Å². The van der Waals surface area contributed by atoms with Gasteiger partial charge >= 0.3 is 6.03 Å². The summed E-state index contributed by atoms with van der Waals surface area (Å²) in [5.41, 5.74) is 1.26. The molecule has 0 fully saturated rings. The van der Waals surface area contributed by atoms with Crippen LogP contribution in [0.1, 0.15) is 17.4 Å². The summed E-state index contributed by atoms with van der Waals surface area (Å²) in [6.07, 6.45) is 0. The Morgan fingerprint density at radius 2 is 2.36 bits per heavy atom. The van der Waals surface area contributed by atoms with Crippen molar-refractivity contribution in [3.05, 3.63) is 21.9 Å². The van der Waals surface area contributed by atoms with Gasteiger partial charge in [-0.25, -0.2) is 4.79 Å². The number of carbonyl (C=O) groups excluding carboxylic acids is 1. The third-order valence-electron chi connectivity index (χ3n) is 2.02. The van der Waals surface area contributed by atoms with Gasteiger partial charge < -0.3 is 10.2 Å². The van der Waals surface area contributed by atoms with E-state index in [4.69, 9.17) is 0 Å². The maximum atomic E-state index is 11.4. The minimum Gasteiger partial charge on any atom is -0.338 e. The van der Waals surface area contributed by atoms with Crippen molar-refractivity contribution in [2.75, 3.05) is 13.6 Å². The number of aryl methyl sites for hydroxylation is 1. The highest BCUT2D eigenvalue weighted by atomic mass is 32.1. The molecule has 78 valence electrons. The molecule has 1 aromatic heterocycles. The van der Waals surface area contributed by atoms with E-state index in [1.165, 1.54) is 10.4 Å². The molecule has 0 unspecified atom stereocenters. The molecule has 0 saturated carbocycles. The highest BCUT2D eigenvalue weighted by Crippen LogP contribution is 2.16. The maximum Gasteiger partial charge on any atom is 0.317 e. The number of hydrogen-bond acceptors (Lipinski definition) is 2. The minimum absolute atomic E-state index is 0.0136. The molecule has 0 bridgehead atoms. The lowest BCUT2D eigenvalue weighted by Gasteiger charge is -2.16. The van der Waals surface area contributed by atoms with Crippen LogP contribution in [0.4, 0.5) is 4.79 Å². The standard InChI is InChI=1S/C10H16N2OS/c1-4-11-10(13)12(3)7-9-8(2)5-6-14-9/h5-6H,4,7H2,1-3H3,(H,11,13). The van der Waals surface area contributed by atoms with Crippen molar-refractivity contribution in [3.8, 4) is 0 Å². The number of hydrogen-bond donors (Lipinski definition) is 1. The third kappa shape index (κ3) is 2.73. The van der Waals surface area contributed by atoms with E-state index in [1.807, 2.05) is 14.0 Å². The van der Waals surface area contributed by atoms with Crippen LogP contribution in [0.2, 0.25) is 0 Å². The first kappa shape index (κ1) is 11.0. The van der Waals surface area contributed by atoms with E-state index in [1.54, 1.807) is 16.2 Å². The Hall–Kier alpha value is -1.03. The monoisotopic (exact) mass is 212 g/mol. The first-order valence-electron chi connectivity index (χ1n) is 4.67. The number of amides is 2. The second kappa shape index (κ2) is 5.00. The molecule has 0 aromatic carbocycles. The van der Waals surface area contributed by atoms with E-state index in [2.05, 4.69) is 23.7 Å². The highest BCUT2D eigenvalue weighted by molar-refractivity contribution is 7.10. The summed E-state index contributed by atoms with van der Waals surface area (Å²) in [6.45, 7) is 5.35. The second-order valence-electron chi connectivity index (χ2n) is 3.22. The Bertz CT molecular complexity index is 309. The minimum atomic E-state index is -0.0136. The predicted molar refractivity (Wildman–Crippen MR) is 59.6 cm³/mol. The fourth-order valence-electron chi connectivity index (χ4n) is 1.14. The molecule has 14 heavy (non-hydrogen) atoms. The molecule has 0 aliphatic heterocycles. The molecule has 2 amide bonds. The molecule has 1 rings (SSSR count). The van der Waals surface area contributed by atoms with Crippen molar-refractivity contribution < 1.29 is 4.79 Å². The summed E-state index contributed by atoms with van der Waals surface area (Å²) >= 11 is 1.69. The number of rotatable bonds is 3. The summed E-state index contributed by atoms with van der Waals surface area (Å²) in [7, 11) is 1.81. The summed E-state index contributed by atoms with van der Waals surface area (Å²) in [5, 5.41) is 4.82. The van der Waals surface area contributed by atoms with Gasteiger partial charge in [0.05, 0.1) is 6.54 Å². The Kier molecular flexibility index (Phi) is 3.95. The molecule has 0 aliphatic carbocycles. The second-order valence-corrected chi connectivity index (χ2v) is 4.22. The van der Waals surface area contributed by atoms with Crippen LogP contribution in [0.5, 0.6) is 0 Å². The first-order valence-corrected chi connectivity index (χ1v) is 5.55. The van der Waals surface area contributed by atoms with Crippen molar-refractivity contribution in [1.82, 2.24) is 10.2 Å². The largest absolute Gasteiger partial charge is 0.338 e. The van der Waals surface area contributed by atoms with Gasteiger partial charge in [0.15, 0.2) is 0 Å². The van der Waals surface area contributed by atoms with Gasteiger partial charge in [-0.2, -0.15) is 0 Å². The van der Waals surface area contributed by atoms with Gasteiger partial charge in [-0.05, 0) is 30.9 Å². The Balaban J connectivity index is 2.52. The Labute approximate surface area is 88.7 Å². The molecule has 1 heterocycles. The van der Waals surface area contributed by atoms with Gasteiger partial charge in [0, 0.05) is 18.5 Å². The van der Waals surface area contributed by atoms with Gasteiger partial charge in [0.2, 0.25) is 0 Å². The maximum absolute atomic E-state index is 11.4. The SMILES string of the molecule is CCNC(=O)N(C)Cc1sccc1C. The molecule has 1 aromatic rings. The average molecular weight is 212 g/mol. The van der Waals surface area contributed by atoms with Gasteiger partial charge in [-0.3, -0.25) is 0 Å². The highest BCUT2D eigenvalue weighted by Gasteiger charge is 2.09. The predicted octanol–water partition coefficient (Wildman–Crippen LogP) is 2.22. The summed E-state index contributed by atoms with van der Waals surface area (Å²) in [4.78, 5) is 14.3. The topological polar surface area (TPSA) is 32.3 Å². The van der Waals surface area contributed by atoms with Crippen LogP contribution in [-0.4, -0.2) is 24.5 Å². The fraction of sp³-hybridized carbons (Fsp3) is 0.500. The number of carbonyl (C=O) groups is 1. The summed E-state index contributed by atoms with van der Waals surface area (Å²) in [5.74, 6) is 0. The van der Waals surface area contributed by atoms with E-state index < -0.39 is 0 Å². The van der Waals surface area contributed by atoms with Crippen LogP contribution < -0.4 is 5.32 Å².